The molecule has 0 N–H and O–H groups in total. The van der Waals surface area contributed by atoms with E-state index in [1.807, 2.05) is 11.0 Å². The summed E-state index contributed by atoms with van der Waals surface area (Å²) < 4.78 is 5.35. The summed E-state index contributed by atoms with van der Waals surface area (Å²) in [6.45, 7) is 6.21. The first-order valence-corrected chi connectivity index (χ1v) is 8.67. The molecule has 2 atom stereocenters. The second-order valence-corrected chi connectivity index (χ2v) is 7.35. The fraction of sp³-hybridized carbons (Fsp3) is 0.765. The van der Waals surface area contributed by atoms with Crippen molar-refractivity contribution in [1.82, 2.24) is 15.0 Å². The van der Waals surface area contributed by atoms with Crippen LogP contribution < -0.4 is 0 Å². The number of carbonyl (C=O) groups excluding carboxylic acids is 1. The Morgan fingerprint density at radius 2 is 2.00 bits per heavy atom. The number of hydrogen-bond donors (Lipinski definition) is 0. The first kappa shape index (κ1) is 14.2. The molecule has 1 amide bonds. The number of nitrogens with zero attached hydrogens (tertiary/aromatic N) is 3. The smallest absolute Gasteiger partial charge is 0.276 e. The van der Waals surface area contributed by atoms with E-state index in [2.05, 4.69) is 23.9 Å². The molecule has 5 heteroatoms. The summed E-state index contributed by atoms with van der Waals surface area (Å²) in [6, 6.07) is 3.57. The molecule has 4 rings (SSSR count). The van der Waals surface area contributed by atoms with Crippen LogP contribution in [0.4, 0.5) is 0 Å². The van der Waals surface area contributed by atoms with Crippen molar-refractivity contribution in [2.75, 3.05) is 13.1 Å². The molecule has 3 aliphatic rings. The van der Waals surface area contributed by atoms with E-state index in [0.717, 1.165) is 25.3 Å². The quantitative estimate of drug-likeness (QED) is 0.861. The zero-order valence-electron chi connectivity index (χ0n) is 13.5. The summed E-state index contributed by atoms with van der Waals surface area (Å²) in [5, 5.41) is 4.02. The number of fused-ring (bicyclic) bond motifs is 2. The van der Waals surface area contributed by atoms with Crippen molar-refractivity contribution in [3.63, 3.8) is 0 Å². The highest BCUT2D eigenvalue weighted by atomic mass is 16.5. The summed E-state index contributed by atoms with van der Waals surface area (Å²) in [4.78, 5) is 17.4. The van der Waals surface area contributed by atoms with Gasteiger partial charge in [-0.25, -0.2) is 0 Å². The predicted molar refractivity (Wildman–Crippen MR) is 82.8 cm³/mol. The molecule has 2 aliphatic heterocycles. The average molecular weight is 303 g/mol. The maximum Gasteiger partial charge on any atom is 0.276 e. The number of hydrogen-bond acceptors (Lipinski definition) is 4. The molecule has 2 saturated heterocycles. The van der Waals surface area contributed by atoms with Gasteiger partial charge in [0, 0.05) is 43.2 Å². The summed E-state index contributed by atoms with van der Waals surface area (Å²) in [7, 11) is 0. The van der Waals surface area contributed by atoms with E-state index in [9.17, 15) is 4.79 Å². The Morgan fingerprint density at radius 1 is 1.23 bits per heavy atom. The monoisotopic (exact) mass is 303 g/mol. The van der Waals surface area contributed by atoms with Crippen LogP contribution in [0.3, 0.4) is 0 Å². The minimum absolute atomic E-state index is 0.0481. The van der Waals surface area contributed by atoms with E-state index in [1.54, 1.807) is 0 Å². The average Bonchev–Trinajstić information content (AvgIpc) is 3.11. The van der Waals surface area contributed by atoms with Crippen LogP contribution in [0.5, 0.6) is 0 Å². The van der Waals surface area contributed by atoms with Gasteiger partial charge in [-0.2, -0.15) is 0 Å². The molecule has 1 saturated carbocycles. The second-order valence-electron chi connectivity index (χ2n) is 7.35. The zero-order chi connectivity index (χ0) is 15.3. The van der Waals surface area contributed by atoms with Gasteiger partial charge in [0.25, 0.3) is 5.91 Å². The van der Waals surface area contributed by atoms with Crippen molar-refractivity contribution in [3.05, 3.63) is 17.5 Å². The van der Waals surface area contributed by atoms with Gasteiger partial charge in [0.05, 0.1) is 0 Å². The van der Waals surface area contributed by atoms with Crippen molar-refractivity contribution in [1.29, 1.82) is 0 Å². The van der Waals surface area contributed by atoms with Crippen molar-refractivity contribution < 1.29 is 9.32 Å². The highest BCUT2D eigenvalue weighted by Crippen LogP contribution is 2.40. The first-order valence-electron chi connectivity index (χ1n) is 8.67. The molecule has 3 fully saturated rings. The maximum absolute atomic E-state index is 12.7. The standard InChI is InChI=1S/C17H25N3O2/c1-11(2)20-13-5-6-14(20)10-19(8-7-13)17(21)15-9-16(22-18-15)12-3-4-12/h9,11-14H,3-8,10H2,1-2H3/t13-,14-/m0/s1. The SMILES string of the molecule is CC(C)N1[C@H]2CC[C@H]1CN(C(=O)c1cc(C3CC3)on1)CC2. The van der Waals surface area contributed by atoms with Gasteiger partial charge in [-0.05, 0) is 46.0 Å². The molecule has 0 aromatic carbocycles. The van der Waals surface area contributed by atoms with Crippen LogP contribution >= 0.6 is 0 Å². The summed E-state index contributed by atoms with van der Waals surface area (Å²) in [5.74, 6) is 1.45. The topological polar surface area (TPSA) is 49.6 Å². The predicted octanol–water partition coefficient (Wildman–Crippen LogP) is 2.64. The van der Waals surface area contributed by atoms with Gasteiger partial charge in [-0.1, -0.05) is 5.16 Å². The number of amides is 1. The highest BCUT2D eigenvalue weighted by molar-refractivity contribution is 5.92. The molecule has 1 aliphatic carbocycles. The Bertz CT molecular complexity index is 564. The Morgan fingerprint density at radius 3 is 2.73 bits per heavy atom. The molecule has 2 bridgehead atoms. The van der Waals surface area contributed by atoms with Crippen LogP contribution in [0.2, 0.25) is 0 Å². The summed E-state index contributed by atoms with van der Waals surface area (Å²) >= 11 is 0. The molecule has 0 spiro atoms. The number of carbonyl (C=O) groups is 1. The molecule has 22 heavy (non-hydrogen) atoms. The number of aromatic nitrogens is 1. The molecular formula is C17H25N3O2. The van der Waals surface area contributed by atoms with Gasteiger partial charge >= 0.3 is 0 Å². The van der Waals surface area contributed by atoms with Crippen LogP contribution in [-0.2, 0) is 0 Å². The maximum atomic E-state index is 12.7. The van der Waals surface area contributed by atoms with Crippen molar-refractivity contribution >= 4 is 5.91 Å². The minimum Gasteiger partial charge on any atom is -0.360 e. The third kappa shape index (κ3) is 2.45. The Hall–Kier alpha value is -1.36. The highest BCUT2D eigenvalue weighted by Gasteiger charge is 2.40. The second kappa shape index (κ2) is 5.37. The van der Waals surface area contributed by atoms with E-state index in [0.29, 0.717) is 29.7 Å². The molecule has 1 aromatic heterocycles. The molecule has 0 radical (unpaired) electrons. The Kier molecular flexibility index (Phi) is 3.48. The van der Waals surface area contributed by atoms with Gasteiger partial charge in [0.2, 0.25) is 0 Å². The van der Waals surface area contributed by atoms with E-state index in [-0.39, 0.29) is 5.91 Å². The number of likely N-dealkylation sites (tertiary alicyclic amines) is 1. The number of rotatable bonds is 3. The lowest BCUT2D eigenvalue weighted by atomic mass is 10.1. The van der Waals surface area contributed by atoms with E-state index in [4.69, 9.17) is 4.52 Å². The van der Waals surface area contributed by atoms with Crippen molar-refractivity contribution in [2.45, 2.75) is 70.0 Å². The van der Waals surface area contributed by atoms with Crippen LogP contribution in [-0.4, -0.2) is 52.1 Å². The van der Waals surface area contributed by atoms with Gasteiger partial charge < -0.3 is 9.42 Å². The third-order valence-electron chi connectivity index (χ3n) is 5.45. The Balaban J connectivity index is 1.49. The third-order valence-corrected chi connectivity index (χ3v) is 5.45. The van der Waals surface area contributed by atoms with E-state index >= 15 is 0 Å². The summed E-state index contributed by atoms with van der Waals surface area (Å²) in [6.07, 6.45) is 5.90. The lowest BCUT2D eigenvalue weighted by Gasteiger charge is -2.32. The minimum atomic E-state index is 0.0481. The molecular weight excluding hydrogens is 278 g/mol. The molecule has 0 unspecified atom stereocenters. The van der Waals surface area contributed by atoms with Gasteiger partial charge in [-0.15, -0.1) is 0 Å². The van der Waals surface area contributed by atoms with Crippen molar-refractivity contribution in [3.8, 4) is 0 Å². The lowest BCUT2D eigenvalue weighted by molar-refractivity contribution is 0.0718. The fourth-order valence-electron chi connectivity index (χ4n) is 4.25. The Labute approximate surface area is 131 Å². The molecule has 120 valence electrons. The zero-order valence-corrected chi connectivity index (χ0v) is 13.5. The van der Waals surface area contributed by atoms with Crippen LogP contribution in [0.1, 0.15) is 68.1 Å². The van der Waals surface area contributed by atoms with E-state index < -0.39 is 0 Å². The normalized spacial score (nSPS) is 29.1. The van der Waals surface area contributed by atoms with Crippen LogP contribution in [0.15, 0.2) is 10.6 Å². The molecule has 5 nitrogen and oxygen atoms in total. The van der Waals surface area contributed by atoms with Crippen LogP contribution in [0.25, 0.3) is 0 Å². The summed E-state index contributed by atoms with van der Waals surface area (Å²) in [5.41, 5.74) is 0.496. The molecule has 1 aromatic rings. The van der Waals surface area contributed by atoms with Crippen LogP contribution in [0, 0.1) is 0 Å². The fourth-order valence-corrected chi connectivity index (χ4v) is 4.25. The van der Waals surface area contributed by atoms with Gasteiger partial charge in [0.1, 0.15) is 5.76 Å². The van der Waals surface area contributed by atoms with E-state index in [1.165, 1.54) is 25.7 Å². The van der Waals surface area contributed by atoms with Gasteiger partial charge in [0.15, 0.2) is 5.69 Å². The van der Waals surface area contributed by atoms with Crippen molar-refractivity contribution in [2.24, 2.45) is 0 Å². The first-order chi connectivity index (χ1) is 10.6. The molecule has 3 heterocycles. The largest absolute Gasteiger partial charge is 0.360 e. The lowest BCUT2D eigenvalue weighted by Crippen LogP contribution is -2.44. The van der Waals surface area contributed by atoms with Gasteiger partial charge in [-0.3, -0.25) is 9.69 Å².